The van der Waals surface area contributed by atoms with Gasteiger partial charge in [0, 0.05) is 13.0 Å². The van der Waals surface area contributed by atoms with Crippen molar-refractivity contribution in [2.24, 2.45) is 5.73 Å². The average molecular weight is 161 g/mol. The summed E-state index contributed by atoms with van der Waals surface area (Å²) >= 11 is 0. The van der Waals surface area contributed by atoms with E-state index >= 15 is 0 Å². The smallest absolute Gasteiger partial charge is 0.162 e. The van der Waals surface area contributed by atoms with Gasteiger partial charge in [0.05, 0.1) is 6.61 Å². The summed E-state index contributed by atoms with van der Waals surface area (Å²) in [4.78, 5) is 0. The van der Waals surface area contributed by atoms with Crippen LogP contribution >= 0.6 is 0 Å². The maximum Gasteiger partial charge on any atom is 0.162 e. The Labute approximate surface area is 68.5 Å². The lowest BCUT2D eigenvalue weighted by molar-refractivity contribution is -0.192. The van der Waals surface area contributed by atoms with Crippen molar-refractivity contribution in [1.29, 1.82) is 0 Å². The molecule has 0 spiro atoms. The Morgan fingerprint density at radius 1 is 1.55 bits per heavy atom. The van der Waals surface area contributed by atoms with Crippen LogP contribution in [0.5, 0.6) is 0 Å². The molecule has 1 atom stereocenters. The first-order valence-electron chi connectivity index (χ1n) is 4.19. The van der Waals surface area contributed by atoms with E-state index in [4.69, 9.17) is 10.5 Å². The van der Waals surface area contributed by atoms with Gasteiger partial charge in [-0.05, 0) is 13.3 Å². The van der Waals surface area contributed by atoms with Gasteiger partial charge in [-0.25, -0.2) is 0 Å². The number of hydrogen-bond acceptors (Lipinski definition) is 3. The third kappa shape index (κ3) is 6.28. The van der Waals surface area contributed by atoms with Crippen LogP contribution in [0.25, 0.3) is 0 Å². The van der Waals surface area contributed by atoms with Crippen LogP contribution in [-0.4, -0.2) is 24.0 Å². The second kappa shape index (κ2) is 5.52. The average Bonchev–Trinajstić information content (AvgIpc) is 1.97. The normalized spacial score (nSPS) is 16.4. The minimum absolute atomic E-state index is 0.427. The molecule has 0 saturated carbocycles. The number of aliphatic hydroxyl groups is 1. The van der Waals surface area contributed by atoms with Crippen molar-refractivity contribution < 1.29 is 9.84 Å². The monoisotopic (exact) mass is 161 g/mol. The van der Waals surface area contributed by atoms with E-state index in [1.807, 2.05) is 0 Å². The van der Waals surface area contributed by atoms with Crippen molar-refractivity contribution in [3.05, 3.63) is 0 Å². The Morgan fingerprint density at radius 2 is 2.18 bits per heavy atom. The summed E-state index contributed by atoms with van der Waals surface area (Å²) < 4.78 is 5.11. The lowest BCUT2D eigenvalue weighted by Crippen LogP contribution is -2.30. The Kier molecular flexibility index (Phi) is 5.46. The first kappa shape index (κ1) is 10.9. The molecule has 1 unspecified atom stereocenters. The van der Waals surface area contributed by atoms with Crippen molar-refractivity contribution in [1.82, 2.24) is 0 Å². The van der Waals surface area contributed by atoms with Crippen LogP contribution < -0.4 is 5.73 Å². The Balaban J connectivity index is 3.43. The molecule has 3 heteroatoms. The molecule has 0 aromatic rings. The van der Waals surface area contributed by atoms with Crippen molar-refractivity contribution >= 4 is 0 Å². The molecule has 0 amide bonds. The second-order valence-electron chi connectivity index (χ2n) is 2.92. The lowest BCUT2D eigenvalue weighted by Gasteiger charge is -2.23. The first-order valence-corrected chi connectivity index (χ1v) is 4.19. The fourth-order valence-corrected chi connectivity index (χ4v) is 0.856. The Hall–Kier alpha value is -0.120. The molecule has 0 radical (unpaired) electrons. The van der Waals surface area contributed by atoms with E-state index < -0.39 is 5.79 Å². The standard InChI is InChI=1S/C8H19NO2/c1-3-4-5-8(2,10)11-7-6-9/h10H,3-7,9H2,1-2H3. The maximum atomic E-state index is 9.50. The highest BCUT2D eigenvalue weighted by Crippen LogP contribution is 2.14. The maximum absolute atomic E-state index is 9.50. The molecule has 0 bridgehead atoms. The summed E-state index contributed by atoms with van der Waals surface area (Å²) in [5.74, 6) is -0.977. The molecule has 0 aliphatic heterocycles. The third-order valence-electron chi connectivity index (χ3n) is 1.53. The third-order valence-corrected chi connectivity index (χ3v) is 1.53. The molecular weight excluding hydrogens is 142 g/mol. The molecule has 0 aromatic heterocycles. The van der Waals surface area contributed by atoms with Gasteiger partial charge < -0.3 is 15.6 Å². The van der Waals surface area contributed by atoms with Crippen LogP contribution in [-0.2, 0) is 4.74 Å². The Morgan fingerprint density at radius 3 is 2.64 bits per heavy atom. The first-order chi connectivity index (χ1) is 5.12. The molecule has 0 aromatic carbocycles. The molecule has 0 aliphatic rings. The van der Waals surface area contributed by atoms with Crippen LogP contribution in [0.1, 0.15) is 33.1 Å². The molecular formula is C8H19NO2. The summed E-state index contributed by atoms with van der Waals surface area (Å²) in [6.07, 6.45) is 2.74. The zero-order chi connectivity index (χ0) is 8.74. The summed E-state index contributed by atoms with van der Waals surface area (Å²) in [7, 11) is 0. The van der Waals surface area contributed by atoms with Gasteiger partial charge in [-0.15, -0.1) is 0 Å². The predicted molar refractivity (Wildman–Crippen MR) is 45.2 cm³/mol. The van der Waals surface area contributed by atoms with Gasteiger partial charge in [0.15, 0.2) is 5.79 Å². The zero-order valence-corrected chi connectivity index (χ0v) is 7.47. The van der Waals surface area contributed by atoms with E-state index in [9.17, 15) is 5.11 Å². The van der Waals surface area contributed by atoms with Crippen LogP contribution in [0.3, 0.4) is 0 Å². The fraction of sp³-hybridized carbons (Fsp3) is 1.00. The van der Waals surface area contributed by atoms with Crippen LogP contribution in [0.4, 0.5) is 0 Å². The van der Waals surface area contributed by atoms with Gasteiger partial charge in [0.2, 0.25) is 0 Å². The summed E-state index contributed by atoms with van der Waals surface area (Å²) in [5.41, 5.74) is 5.23. The fourth-order valence-electron chi connectivity index (χ4n) is 0.856. The minimum Gasteiger partial charge on any atom is -0.366 e. The summed E-state index contributed by atoms with van der Waals surface area (Å²) in [5, 5.41) is 9.50. The van der Waals surface area contributed by atoms with Crippen molar-refractivity contribution in [3.63, 3.8) is 0 Å². The highest BCUT2D eigenvalue weighted by Gasteiger charge is 2.18. The van der Waals surface area contributed by atoms with Crippen LogP contribution in [0.2, 0.25) is 0 Å². The molecule has 0 fully saturated rings. The zero-order valence-electron chi connectivity index (χ0n) is 7.47. The van der Waals surface area contributed by atoms with E-state index in [1.165, 1.54) is 0 Å². The molecule has 3 N–H and O–H groups in total. The number of ether oxygens (including phenoxy) is 1. The molecule has 0 heterocycles. The molecule has 0 saturated heterocycles. The van der Waals surface area contributed by atoms with Gasteiger partial charge in [-0.1, -0.05) is 13.3 Å². The summed E-state index contributed by atoms with van der Waals surface area (Å²) in [6.45, 7) is 4.65. The van der Waals surface area contributed by atoms with Gasteiger partial charge >= 0.3 is 0 Å². The number of nitrogens with two attached hydrogens (primary N) is 1. The van der Waals surface area contributed by atoms with E-state index in [1.54, 1.807) is 6.92 Å². The largest absolute Gasteiger partial charge is 0.366 e. The van der Waals surface area contributed by atoms with E-state index in [-0.39, 0.29) is 0 Å². The highest BCUT2D eigenvalue weighted by atomic mass is 16.6. The minimum atomic E-state index is -0.977. The lowest BCUT2D eigenvalue weighted by atomic mass is 10.1. The Bertz CT molecular complexity index is 84.1. The molecule has 0 rings (SSSR count). The van der Waals surface area contributed by atoms with Crippen molar-refractivity contribution in [2.45, 2.75) is 38.9 Å². The van der Waals surface area contributed by atoms with E-state index in [0.29, 0.717) is 19.6 Å². The van der Waals surface area contributed by atoms with E-state index in [0.717, 1.165) is 12.8 Å². The quantitative estimate of drug-likeness (QED) is 0.568. The topological polar surface area (TPSA) is 55.5 Å². The molecule has 3 nitrogen and oxygen atoms in total. The van der Waals surface area contributed by atoms with Gasteiger partial charge in [0.25, 0.3) is 0 Å². The van der Waals surface area contributed by atoms with Crippen molar-refractivity contribution in [2.75, 3.05) is 13.2 Å². The molecule has 68 valence electrons. The number of rotatable bonds is 6. The highest BCUT2D eigenvalue weighted by molar-refractivity contribution is 4.59. The van der Waals surface area contributed by atoms with Crippen LogP contribution in [0.15, 0.2) is 0 Å². The number of unbranched alkanes of at least 4 members (excludes halogenated alkanes) is 1. The predicted octanol–water partition coefficient (Wildman–Crippen LogP) is 0.860. The SMILES string of the molecule is CCCCC(C)(O)OCCN. The van der Waals surface area contributed by atoms with Gasteiger partial charge in [-0.2, -0.15) is 0 Å². The summed E-state index contributed by atoms with van der Waals surface area (Å²) in [6, 6.07) is 0. The molecule has 0 aliphatic carbocycles. The van der Waals surface area contributed by atoms with Gasteiger partial charge in [0.1, 0.15) is 0 Å². The number of hydrogen-bond donors (Lipinski definition) is 2. The van der Waals surface area contributed by atoms with Crippen LogP contribution in [0, 0.1) is 0 Å². The second-order valence-corrected chi connectivity index (χ2v) is 2.92. The van der Waals surface area contributed by atoms with Crippen molar-refractivity contribution in [3.8, 4) is 0 Å². The van der Waals surface area contributed by atoms with Gasteiger partial charge in [-0.3, -0.25) is 0 Å². The van der Waals surface area contributed by atoms with E-state index in [2.05, 4.69) is 6.92 Å². The molecule has 11 heavy (non-hydrogen) atoms.